The minimum absolute atomic E-state index is 0.121. The van der Waals surface area contributed by atoms with Crippen molar-refractivity contribution >= 4 is 12.0 Å². The van der Waals surface area contributed by atoms with Crippen LogP contribution < -0.4 is 20.1 Å². The molecule has 0 fully saturated rings. The van der Waals surface area contributed by atoms with Gasteiger partial charge in [0.15, 0.2) is 12.7 Å². The van der Waals surface area contributed by atoms with Crippen LogP contribution >= 0.6 is 0 Å². The van der Waals surface area contributed by atoms with Gasteiger partial charge in [-0.2, -0.15) is 0 Å². The summed E-state index contributed by atoms with van der Waals surface area (Å²) in [5, 5.41) is 5.39. The molecule has 0 bridgehead atoms. The second-order valence-corrected chi connectivity index (χ2v) is 11.5. The summed E-state index contributed by atoms with van der Waals surface area (Å²) in [7, 11) is 0. The summed E-state index contributed by atoms with van der Waals surface area (Å²) in [6.45, 7) is 7.41. The number of nitrogens with zero attached hydrogens (tertiary/aromatic N) is 1. The number of benzene rings is 3. The third-order valence-corrected chi connectivity index (χ3v) is 6.60. The van der Waals surface area contributed by atoms with E-state index in [1.54, 1.807) is 27.0 Å². The minimum atomic E-state index is -0.537. The Morgan fingerprint density at radius 3 is 1.91 bits per heavy atom. The van der Waals surface area contributed by atoms with Gasteiger partial charge in [0.05, 0.1) is 26.4 Å². The van der Waals surface area contributed by atoms with Crippen LogP contribution in [0.2, 0.25) is 0 Å². The molecule has 10 heteroatoms. The molecule has 0 aliphatic rings. The van der Waals surface area contributed by atoms with E-state index in [1.165, 1.54) is 0 Å². The first-order chi connectivity index (χ1) is 22.8. The number of nitrogens with one attached hydrogen (secondary N) is 2. The van der Waals surface area contributed by atoms with Crippen molar-refractivity contribution in [3.05, 3.63) is 114 Å². The summed E-state index contributed by atoms with van der Waals surface area (Å²) in [5.41, 5.74) is 3.27. The maximum atomic E-state index is 12.2. The number of carbonyl (C=O) groups excluding carboxylic acids is 2. The lowest BCUT2D eigenvalue weighted by molar-refractivity contribution is -0.123. The lowest BCUT2D eigenvalue weighted by atomic mass is 10.0. The second-order valence-electron chi connectivity index (χ2n) is 11.5. The number of rotatable bonds is 17. The zero-order chi connectivity index (χ0) is 33.3. The SMILES string of the molecule is CC(C)(C)OC(=O)NCCOCCOCCNC(=O)COc1ccc(-c2cccnc2OC(c2ccccc2)c2ccccc2)cc1. The third-order valence-electron chi connectivity index (χ3n) is 6.60. The lowest BCUT2D eigenvalue weighted by Gasteiger charge is -2.21. The van der Waals surface area contributed by atoms with Crippen LogP contribution in [0.15, 0.2) is 103 Å². The predicted octanol–water partition coefficient (Wildman–Crippen LogP) is 5.97. The van der Waals surface area contributed by atoms with Crippen molar-refractivity contribution < 1.29 is 33.3 Å². The van der Waals surface area contributed by atoms with Gasteiger partial charge in [0.25, 0.3) is 5.91 Å². The molecule has 0 radical (unpaired) electrons. The van der Waals surface area contributed by atoms with Gasteiger partial charge in [0.2, 0.25) is 5.88 Å². The number of carbonyl (C=O) groups is 2. The summed E-state index contributed by atoms with van der Waals surface area (Å²) in [6, 6.07) is 31.4. The lowest BCUT2D eigenvalue weighted by Crippen LogP contribution is -2.34. The van der Waals surface area contributed by atoms with E-state index in [2.05, 4.69) is 15.6 Å². The topological polar surface area (TPSA) is 117 Å². The van der Waals surface area contributed by atoms with Gasteiger partial charge in [0.1, 0.15) is 11.4 Å². The summed E-state index contributed by atoms with van der Waals surface area (Å²) in [6.07, 6.45) is 0.913. The normalized spacial score (nSPS) is 11.1. The Bertz CT molecular complexity index is 1470. The number of pyridine rings is 1. The van der Waals surface area contributed by atoms with Crippen LogP contribution in [0.25, 0.3) is 11.1 Å². The van der Waals surface area contributed by atoms with E-state index in [-0.39, 0.29) is 18.6 Å². The van der Waals surface area contributed by atoms with Crippen LogP contribution in [0.4, 0.5) is 4.79 Å². The van der Waals surface area contributed by atoms with Gasteiger partial charge in [0, 0.05) is 24.8 Å². The number of hydrogen-bond acceptors (Lipinski definition) is 8. The molecule has 4 rings (SSSR count). The number of amides is 2. The fraction of sp³-hybridized carbons (Fsp3) is 0.324. The monoisotopic (exact) mass is 641 g/mol. The molecular formula is C37H43N3O7. The van der Waals surface area contributed by atoms with E-state index in [0.717, 1.165) is 22.3 Å². The molecule has 47 heavy (non-hydrogen) atoms. The molecule has 2 amide bonds. The van der Waals surface area contributed by atoms with Crippen LogP contribution in [0, 0.1) is 0 Å². The molecule has 3 aromatic carbocycles. The van der Waals surface area contributed by atoms with Gasteiger partial charge in [-0.25, -0.2) is 9.78 Å². The van der Waals surface area contributed by atoms with Crippen molar-refractivity contribution in [1.29, 1.82) is 0 Å². The average molecular weight is 642 g/mol. The van der Waals surface area contributed by atoms with Gasteiger partial charge in [-0.05, 0) is 61.7 Å². The van der Waals surface area contributed by atoms with E-state index in [9.17, 15) is 9.59 Å². The highest BCUT2D eigenvalue weighted by molar-refractivity contribution is 5.77. The summed E-state index contributed by atoms with van der Waals surface area (Å²) in [5.74, 6) is 0.830. The van der Waals surface area contributed by atoms with Crippen molar-refractivity contribution in [2.24, 2.45) is 0 Å². The minimum Gasteiger partial charge on any atom is -0.484 e. The Morgan fingerprint density at radius 1 is 0.723 bits per heavy atom. The quantitative estimate of drug-likeness (QED) is 0.136. The molecule has 4 aromatic rings. The maximum Gasteiger partial charge on any atom is 0.407 e. The standard InChI is InChI=1S/C37H43N3O7/c1-37(2,3)47-36(42)40-22-24-44-26-25-43-23-21-38-33(41)27-45-31-18-16-28(17-19-31)32-15-10-20-39-35(32)46-34(29-11-6-4-7-12-29)30-13-8-5-9-14-30/h4-20,34H,21-27H2,1-3H3,(H,38,41)(H,40,42). The molecule has 0 saturated carbocycles. The van der Waals surface area contributed by atoms with Gasteiger partial charge in [-0.15, -0.1) is 0 Å². The highest BCUT2D eigenvalue weighted by atomic mass is 16.6. The summed E-state index contributed by atoms with van der Waals surface area (Å²) in [4.78, 5) is 28.4. The Kier molecular flexibility index (Phi) is 13.6. The molecule has 1 heterocycles. The average Bonchev–Trinajstić information content (AvgIpc) is 3.07. The molecule has 1 aromatic heterocycles. The van der Waals surface area contributed by atoms with Crippen molar-refractivity contribution in [3.63, 3.8) is 0 Å². The first-order valence-corrected chi connectivity index (χ1v) is 15.6. The number of aromatic nitrogens is 1. The highest BCUT2D eigenvalue weighted by Gasteiger charge is 2.19. The third kappa shape index (κ3) is 12.4. The molecular weight excluding hydrogens is 598 g/mol. The van der Waals surface area contributed by atoms with E-state index >= 15 is 0 Å². The van der Waals surface area contributed by atoms with E-state index in [1.807, 2.05) is 97.1 Å². The fourth-order valence-electron chi connectivity index (χ4n) is 4.45. The van der Waals surface area contributed by atoms with Crippen LogP contribution in [0.3, 0.4) is 0 Å². The maximum absolute atomic E-state index is 12.2. The van der Waals surface area contributed by atoms with Crippen molar-refractivity contribution in [2.75, 3.05) is 46.1 Å². The Labute approximate surface area is 276 Å². The van der Waals surface area contributed by atoms with E-state index < -0.39 is 11.7 Å². The molecule has 0 aliphatic carbocycles. The fourth-order valence-corrected chi connectivity index (χ4v) is 4.45. The Morgan fingerprint density at radius 2 is 1.32 bits per heavy atom. The van der Waals surface area contributed by atoms with Crippen LogP contribution in [0.1, 0.15) is 38.0 Å². The zero-order valence-corrected chi connectivity index (χ0v) is 27.1. The van der Waals surface area contributed by atoms with Crippen LogP contribution in [0.5, 0.6) is 11.6 Å². The number of alkyl carbamates (subject to hydrolysis) is 1. The molecule has 0 unspecified atom stereocenters. The Hall–Kier alpha value is -4.93. The first kappa shape index (κ1) is 34.9. The summed E-state index contributed by atoms with van der Waals surface area (Å²) < 4.78 is 28.3. The highest BCUT2D eigenvalue weighted by Crippen LogP contribution is 2.34. The van der Waals surface area contributed by atoms with E-state index in [4.69, 9.17) is 23.7 Å². The largest absolute Gasteiger partial charge is 0.484 e. The Balaban J connectivity index is 1.17. The summed E-state index contributed by atoms with van der Waals surface area (Å²) >= 11 is 0. The molecule has 0 aliphatic heterocycles. The van der Waals surface area contributed by atoms with Crippen molar-refractivity contribution in [1.82, 2.24) is 15.6 Å². The van der Waals surface area contributed by atoms with Crippen molar-refractivity contribution in [3.8, 4) is 22.8 Å². The second kappa shape index (κ2) is 18.3. The van der Waals surface area contributed by atoms with Gasteiger partial charge in [-0.3, -0.25) is 4.79 Å². The van der Waals surface area contributed by atoms with Gasteiger partial charge in [-0.1, -0.05) is 72.8 Å². The van der Waals surface area contributed by atoms with Crippen LogP contribution in [-0.2, 0) is 19.0 Å². The molecule has 0 atom stereocenters. The van der Waals surface area contributed by atoms with E-state index in [0.29, 0.717) is 51.1 Å². The number of hydrogen-bond donors (Lipinski definition) is 2. The molecule has 248 valence electrons. The molecule has 0 saturated heterocycles. The van der Waals surface area contributed by atoms with Gasteiger partial charge < -0.3 is 34.3 Å². The smallest absolute Gasteiger partial charge is 0.407 e. The molecule has 10 nitrogen and oxygen atoms in total. The van der Waals surface area contributed by atoms with Crippen LogP contribution in [-0.4, -0.2) is 68.7 Å². The van der Waals surface area contributed by atoms with Crippen molar-refractivity contribution in [2.45, 2.75) is 32.5 Å². The van der Waals surface area contributed by atoms with Gasteiger partial charge >= 0.3 is 6.09 Å². The number of ether oxygens (including phenoxy) is 5. The predicted molar refractivity (Wildman–Crippen MR) is 179 cm³/mol. The molecule has 0 spiro atoms. The zero-order valence-electron chi connectivity index (χ0n) is 27.1. The first-order valence-electron chi connectivity index (χ1n) is 15.6. The molecule has 2 N–H and O–H groups in total.